The van der Waals surface area contributed by atoms with Crippen LogP contribution in [-0.4, -0.2) is 49.2 Å². The maximum atomic E-state index is 11.8. The average molecular weight is 488 g/mol. The number of benzene rings is 2. The first-order chi connectivity index (χ1) is 15.6. The smallest absolute Gasteiger partial charge is 0.352 e. The maximum Gasteiger partial charge on any atom is 0.352 e. The van der Waals surface area contributed by atoms with Crippen molar-refractivity contribution in [3.63, 3.8) is 0 Å². The third-order valence-electron chi connectivity index (χ3n) is 4.62. The molecule has 0 fully saturated rings. The fourth-order valence-corrected chi connectivity index (χ4v) is 4.28. The van der Waals surface area contributed by atoms with Crippen molar-refractivity contribution in [3.8, 4) is 22.8 Å². The van der Waals surface area contributed by atoms with Crippen LogP contribution in [0.3, 0.4) is 0 Å². The minimum Gasteiger partial charge on any atom is -0.478 e. The molecule has 4 rings (SSSR count). The van der Waals surface area contributed by atoms with Crippen molar-refractivity contribution in [2.24, 2.45) is 0 Å². The molecule has 11 nitrogen and oxygen atoms in total. The van der Waals surface area contributed by atoms with E-state index in [9.17, 15) is 18.3 Å². The van der Waals surface area contributed by atoms with Crippen molar-refractivity contribution < 1.29 is 27.6 Å². The summed E-state index contributed by atoms with van der Waals surface area (Å²) in [6.45, 7) is 3.67. The summed E-state index contributed by atoms with van der Waals surface area (Å²) in [5, 5.41) is 22.2. The molecule has 4 aromatic rings. The van der Waals surface area contributed by atoms with E-state index in [2.05, 4.69) is 20.4 Å². The zero-order valence-electron chi connectivity index (χ0n) is 17.3. The number of aliphatic carboxylic acids is 1. The summed E-state index contributed by atoms with van der Waals surface area (Å²) in [7, 11) is -4.31. The molecule has 0 saturated heterocycles. The highest BCUT2D eigenvalue weighted by Gasteiger charge is 2.26. The van der Waals surface area contributed by atoms with E-state index in [1.807, 2.05) is 6.92 Å². The average Bonchev–Trinajstić information content (AvgIpc) is 3.39. The summed E-state index contributed by atoms with van der Waals surface area (Å²) in [5.74, 6) is -0.627. The van der Waals surface area contributed by atoms with E-state index < -0.39 is 22.2 Å². The summed E-state index contributed by atoms with van der Waals surface area (Å²) >= 11 is 1.27. The lowest BCUT2D eigenvalue weighted by Gasteiger charge is -2.13. The van der Waals surface area contributed by atoms with Gasteiger partial charge in [0.15, 0.2) is 0 Å². The number of aryl methyl sites for hydroxylation is 2. The topological polar surface area (TPSA) is 157 Å². The van der Waals surface area contributed by atoms with Crippen LogP contribution >= 0.6 is 11.3 Å². The molecule has 0 amide bonds. The van der Waals surface area contributed by atoms with Gasteiger partial charge in [-0.25, -0.2) is 9.78 Å². The van der Waals surface area contributed by atoms with Crippen molar-refractivity contribution in [1.82, 2.24) is 25.2 Å². The number of thiazole rings is 1. The van der Waals surface area contributed by atoms with Crippen LogP contribution in [0, 0.1) is 13.8 Å². The van der Waals surface area contributed by atoms with E-state index in [1.165, 1.54) is 40.4 Å². The Kier molecular flexibility index (Phi) is 5.93. The summed E-state index contributed by atoms with van der Waals surface area (Å²) in [4.78, 5) is 17.9. The molecule has 1 unspecified atom stereocenters. The van der Waals surface area contributed by atoms with Gasteiger partial charge in [0, 0.05) is 10.4 Å². The van der Waals surface area contributed by atoms with Gasteiger partial charge < -0.3 is 9.84 Å². The molecule has 0 spiro atoms. The van der Waals surface area contributed by atoms with Gasteiger partial charge >= 0.3 is 5.97 Å². The number of carboxylic acids is 1. The molecule has 33 heavy (non-hydrogen) atoms. The van der Waals surface area contributed by atoms with Crippen molar-refractivity contribution in [2.75, 3.05) is 0 Å². The lowest BCUT2D eigenvalue weighted by atomic mass is 10.2. The van der Waals surface area contributed by atoms with Gasteiger partial charge in [-0.3, -0.25) is 4.55 Å². The molecule has 0 bridgehead atoms. The summed E-state index contributed by atoms with van der Waals surface area (Å²) in [6.07, 6.45) is -1.26. The zero-order chi connectivity index (χ0) is 23.8. The SMILES string of the molecule is Cc1nc(C(Oc2cccc(-c3nnn(-c4ccc(S(=O)(=O)O)cc4)n3)c2)C(=O)O)sc1C. The summed E-state index contributed by atoms with van der Waals surface area (Å²) < 4.78 is 37.2. The van der Waals surface area contributed by atoms with Gasteiger partial charge in [0.25, 0.3) is 10.1 Å². The van der Waals surface area contributed by atoms with E-state index in [0.29, 0.717) is 22.0 Å². The fraction of sp³-hybridized carbons (Fsp3) is 0.150. The number of rotatable bonds is 7. The highest BCUT2D eigenvalue weighted by Crippen LogP contribution is 2.29. The molecule has 2 aromatic heterocycles. The molecule has 0 aliphatic rings. The van der Waals surface area contributed by atoms with Crippen LogP contribution in [0.25, 0.3) is 17.1 Å². The fourth-order valence-electron chi connectivity index (χ4n) is 2.85. The molecule has 1 atom stereocenters. The number of hydrogen-bond donors (Lipinski definition) is 2. The van der Waals surface area contributed by atoms with Crippen molar-refractivity contribution in [1.29, 1.82) is 0 Å². The van der Waals surface area contributed by atoms with Crippen LogP contribution in [-0.2, 0) is 14.9 Å². The molecular formula is C20H17N5O6S2. The van der Waals surface area contributed by atoms with Crippen LogP contribution in [0.4, 0.5) is 0 Å². The number of aromatic nitrogens is 5. The molecule has 0 aliphatic carbocycles. The van der Waals surface area contributed by atoms with Crippen LogP contribution in [0.15, 0.2) is 53.4 Å². The van der Waals surface area contributed by atoms with Gasteiger partial charge in [-0.1, -0.05) is 12.1 Å². The monoisotopic (exact) mass is 487 g/mol. The number of ether oxygens (including phenoxy) is 1. The van der Waals surface area contributed by atoms with Crippen LogP contribution in [0.5, 0.6) is 5.75 Å². The van der Waals surface area contributed by atoms with Crippen molar-refractivity contribution >= 4 is 27.4 Å². The van der Waals surface area contributed by atoms with Gasteiger partial charge in [-0.2, -0.15) is 8.42 Å². The molecule has 2 N–H and O–H groups in total. The molecular weight excluding hydrogens is 470 g/mol. The number of carboxylic acid groups (broad SMARTS) is 1. The van der Waals surface area contributed by atoms with E-state index in [4.69, 9.17) is 9.29 Å². The third-order valence-corrected chi connectivity index (χ3v) is 6.60. The van der Waals surface area contributed by atoms with Gasteiger partial charge in [0.1, 0.15) is 10.8 Å². The lowest BCUT2D eigenvalue weighted by Crippen LogP contribution is -2.18. The number of hydrogen-bond acceptors (Lipinski definition) is 9. The Bertz CT molecular complexity index is 1410. The second-order valence-electron chi connectivity index (χ2n) is 6.93. The third kappa shape index (κ3) is 4.89. The van der Waals surface area contributed by atoms with Crippen LogP contribution in [0.2, 0.25) is 0 Å². The van der Waals surface area contributed by atoms with Crippen molar-refractivity contribution in [2.45, 2.75) is 24.8 Å². The van der Waals surface area contributed by atoms with E-state index in [1.54, 1.807) is 31.2 Å². The summed E-state index contributed by atoms with van der Waals surface area (Å²) in [5.41, 5.74) is 1.71. The predicted molar refractivity (Wildman–Crippen MR) is 117 cm³/mol. The number of nitrogens with zero attached hydrogens (tertiary/aromatic N) is 5. The first-order valence-electron chi connectivity index (χ1n) is 9.43. The van der Waals surface area contributed by atoms with Crippen LogP contribution in [0.1, 0.15) is 21.7 Å². The maximum absolute atomic E-state index is 11.8. The lowest BCUT2D eigenvalue weighted by molar-refractivity contribution is -0.145. The van der Waals surface area contributed by atoms with Crippen molar-refractivity contribution in [3.05, 3.63) is 64.1 Å². The quantitative estimate of drug-likeness (QED) is 0.371. The minimum atomic E-state index is -4.31. The number of carbonyl (C=O) groups is 1. The predicted octanol–water partition coefficient (Wildman–Crippen LogP) is 2.85. The Morgan fingerprint density at radius 2 is 1.88 bits per heavy atom. The van der Waals surface area contributed by atoms with Gasteiger partial charge in [0.05, 0.1) is 16.3 Å². The second kappa shape index (κ2) is 8.69. The van der Waals surface area contributed by atoms with E-state index in [0.717, 1.165) is 10.6 Å². The molecule has 13 heteroatoms. The Morgan fingerprint density at radius 1 is 1.15 bits per heavy atom. The molecule has 0 aliphatic heterocycles. The highest BCUT2D eigenvalue weighted by molar-refractivity contribution is 7.85. The van der Waals surface area contributed by atoms with Gasteiger partial charge in [-0.15, -0.1) is 26.3 Å². The Morgan fingerprint density at radius 3 is 2.48 bits per heavy atom. The molecule has 0 saturated carbocycles. The zero-order valence-corrected chi connectivity index (χ0v) is 18.9. The van der Waals surface area contributed by atoms with E-state index in [-0.39, 0.29) is 10.7 Å². The Balaban J connectivity index is 1.58. The minimum absolute atomic E-state index is 0.243. The van der Waals surface area contributed by atoms with Crippen LogP contribution < -0.4 is 4.74 Å². The van der Waals surface area contributed by atoms with Gasteiger partial charge in [0.2, 0.25) is 11.9 Å². The standard InChI is InChI=1S/C20H17N5O6S2/c1-11-12(2)32-19(21-11)17(20(26)27)31-15-5-3-4-13(10-15)18-22-24-25(23-18)14-6-8-16(9-7-14)33(28,29)30/h3-10,17H,1-2H3,(H,26,27)(H,28,29,30). The van der Waals surface area contributed by atoms with Gasteiger partial charge in [-0.05, 0) is 55.5 Å². The first-order valence-corrected chi connectivity index (χ1v) is 11.7. The molecule has 0 radical (unpaired) electrons. The molecule has 2 heterocycles. The molecule has 2 aromatic carbocycles. The highest BCUT2D eigenvalue weighted by atomic mass is 32.2. The Hall–Kier alpha value is -3.68. The van der Waals surface area contributed by atoms with E-state index >= 15 is 0 Å². The Labute approximate surface area is 192 Å². The largest absolute Gasteiger partial charge is 0.478 e. The normalized spacial score (nSPS) is 12.5. The number of tetrazole rings is 1. The second-order valence-corrected chi connectivity index (χ2v) is 9.59. The first kappa shape index (κ1) is 22.5. The molecule has 170 valence electrons. The summed E-state index contributed by atoms with van der Waals surface area (Å²) in [6, 6.07) is 11.9.